The zero-order valence-electron chi connectivity index (χ0n) is 10.8. The maximum atomic E-state index is 12.0. The number of hydrogen-bond acceptors (Lipinski definition) is 4. The molecule has 0 saturated carbocycles. The number of ketones is 1. The molecule has 0 amide bonds. The third-order valence-electron chi connectivity index (χ3n) is 3.02. The van der Waals surface area contributed by atoms with Crippen LogP contribution in [0.15, 0.2) is 30.3 Å². The minimum Gasteiger partial charge on any atom is -0.467 e. The molecule has 0 fully saturated rings. The van der Waals surface area contributed by atoms with Crippen molar-refractivity contribution < 1.29 is 19.4 Å². The first-order chi connectivity index (χ1) is 8.41. The maximum Gasteiger partial charge on any atom is 0.338 e. The van der Waals surface area contributed by atoms with Crippen molar-refractivity contribution in [1.82, 2.24) is 0 Å². The van der Waals surface area contributed by atoms with Crippen molar-refractivity contribution in [2.75, 3.05) is 7.11 Å². The summed E-state index contributed by atoms with van der Waals surface area (Å²) in [5.41, 5.74) is -1.30. The van der Waals surface area contributed by atoms with Crippen LogP contribution in [-0.4, -0.2) is 29.6 Å². The Labute approximate surface area is 107 Å². The lowest BCUT2D eigenvalue weighted by Crippen LogP contribution is -2.46. The molecule has 1 atom stereocenters. The highest BCUT2D eigenvalue weighted by molar-refractivity contribution is 5.99. The first-order valence-corrected chi connectivity index (χ1v) is 5.81. The van der Waals surface area contributed by atoms with Crippen LogP contribution in [0.2, 0.25) is 0 Å². The molecular weight excluding hydrogens is 232 g/mol. The molecule has 1 aromatic rings. The molecule has 98 valence electrons. The Hall–Kier alpha value is -1.68. The van der Waals surface area contributed by atoms with Crippen LogP contribution in [0.1, 0.15) is 30.6 Å². The molecule has 0 saturated heterocycles. The lowest BCUT2D eigenvalue weighted by Gasteiger charge is -2.28. The van der Waals surface area contributed by atoms with Gasteiger partial charge in [-0.25, -0.2) is 4.79 Å². The molecule has 0 aliphatic rings. The summed E-state index contributed by atoms with van der Waals surface area (Å²) in [5, 5.41) is 10.3. The minimum absolute atomic E-state index is 0.276. The summed E-state index contributed by atoms with van der Waals surface area (Å²) in [7, 11) is 1.20. The van der Waals surface area contributed by atoms with Crippen molar-refractivity contribution in [2.45, 2.75) is 25.9 Å². The van der Waals surface area contributed by atoms with Crippen LogP contribution in [0.4, 0.5) is 0 Å². The Morgan fingerprint density at radius 2 is 1.83 bits per heavy atom. The number of esters is 1. The summed E-state index contributed by atoms with van der Waals surface area (Å²) in [6.07, 6.45) is -0.276. The van der Waals surface area contributed by atoms with Crippen molar-refractivity contribution in [2.24, 2.45) is 5.92 Å². The zero-order valence-corrected chi connectivity index (χ0v) is 10.8. The SMILES string of the molecule is COC(=O)[C@](O)(CC(=O)c1ccccc1)C(C)C. The van der Waals surface area contributed by atoms with Gasteiger partial charge in [-0.05, 0) is 5.92 Å². The Morgan fingerprint density at radius 1 is 1.28 bits per heavy atom. The smallest absolute Gasteiger partial charge is 0.338 e. The monoisotopic (exact) mass is 250 g/mol. The van der Waals surface area contributed by atoms with Crippen molar-refractivity contribution in [3.63, 3.8) is 0 Å². The van der Waals surface area contributed by atoms with Gasteiger partial charge in [0, 0.05) is 5.56 Å². The van der Waals surface area contributed by atoms with E-state index in [0.29, 0.717) is 5.56 Å². The van der Waals surface area contributed by atoms with Gasteiger partial charge < -0.3 is 9.84 Å². The van der Waals surface area contributed by atoms with Gasteiger partial charge in [0.25, 0.3) is 0 Å². The summed E-state index contributed by atoms with van der Waals surface area (Å²) in [6, 6.07) is 8.58. The third-order valence-corrected chi connectivity index (χ3v) is 3.02. The fourth-order valence-corrected chi connectivity index (χ4v) is 1.66. The van der Waals surface area contributed by atoms with Crippen molar-refractivity contribution in [3.05, 3.63) is 35.9 Å². The molecule has 0 heterocycles. The molecule has 0 aromatic heterocycles. The molecule has 18 heavy (non-hydrogen) atoms. The van der Waals surface area contributed by atoms with Gasteiger partial charge in [-0.2, -0.15) is 0 Å². The molecule has 0 bridgehead atoms. The Kier molecular flexibility index (Phi) is 4.62. The molecule has 1 rings (SSSR count). The molecule has 0 spiro atoms. The van der Waals surface area contributed by atoms with E-state index < -0.39 is 17.5 Å². The summed E-state index contributed by atoms with van der Waals surface area (Å²) >= 11 is 0. The Bertz CT molecular complexity index is 425. The lowest BCUT2D eigenvalue weighted by molar-refractivity contribution is -0.167. The van der Waals surface area contributed by atoms with Crippen LogP contribution in [0.3, 0.4) is 0 Å². The van der Waals surface area contributed by atoms with Crippen LogP contribution in [0.25, 0.3) is 0 Å². The van der Waals surface area contributed by atoms with Gasteiger partial charge >= 0.3 is 5.97 Å². The summed E-state index contributed by atoms with van der Waals surface area (Å²) in [6.45, 7) is 3.35. The van der Waals surface area contributed by atoms with E-state index in [-0.39, 0.29) is 12.2 Å². The second-order valence-corrected chi connectivity index (χ2v) is 4.54. The van der Waals surface area contributed by atoms with E-state index in [2.05, 4.69) is 4.74 Å². The first kappa shape index (κ1) is 14.4. The number of benzene rings is 1. The predicted molar refractivity (Wildman–Crippen MR) is 67.2 cm³/mol. The molecule has 0 unspecified atom stereocenters. The van der Waals surface area contributed by atoms with E-state index >= 15 is 0 Å². The molecule has 1 aromatic carbocycles. The number of methoxy groups -OCH3 is 1. The van der Waals surface area contributed by atoms with Gasteiger partial charge in [0.15, 0.2) is 11.4 Å². The summed E-state index contributed by atoms with van der Waals surface area (Å²) < 4.78 is 4.57. The van der Waals surface area contributed by atoms with E-state index in [1.807, 2.05) is 0 Å². The molecule has 0 aliphatic heterocycles. The molecule has 1 N–H and O–H groups in total. The third kappa shape index (κ3) is 2.96. The fraction of sp³-hybridized carbons (Fsp3) is 0.429. The van der Waals surface area contributed by atoms with Gasteiger partial charge in [-0.15, -0.1) is 0 Å². The van der Waals surface area contributed by atoms with Crippen molar-refractivity contribution in [1.29, 1.82) is 0 Å². The average molecular weight is 250 g/mol. The molecule has 4 nitrogen and oxygen atoms in total. The number of ether oxygens (including phenoxy) is 1. The standard InChI is InChI=1S/C14H18O4/c1-10(2)14(17,13(16)18-3)9-12(15)11-7-5-4-6-8-11/h4-8,10,17H,9H2,1-3H3/t14-/m0/s1. The topological polar surface area (TPSA) is 63.6 Å². The largest absolute Gasteiger partial charge is 0.467 e. The first-order valence-electron chi connectivity index (χ1n) is 5.81. The van der Waals surface area contributed by atoms with Gasteiger partial charge in [0.05, 0.1) is 13.5 Å². The number of Topliss-reactive ketones (excluding diaryl/α,β-unsaturated/α-hetero) is 1. The number of aliphatic hydroxyl groups is 1. The predicted octanol–water partition coefficient (Wildman–Crippen LogP) is 1.82. The van der Waals surface area contributed by atoms with Gasteiger partial charge in [0.2, 0.25) is 0 Å². The molecule has 4 heteroatoms. The van der Waals surface area contributed by atoms with Crippen LogP contribution >= 0.6 is 0 Å². The highest BCUT2D eigenvalue weighted by Gasteiger charge is 2.42. The maximum absolute atomic E-state index is 12.0. The van der Waals surface area contributed by atoms with Crippen LogP contribution in [0.5, 0.6) is 0 Å². The zero-order chi connectivity index (χ0) is 13.8. The molecule has 0 radical (unpaired) electrons. The Morgan fingerprint density at radius 3 is 2.28 bits per heavy atom. The van der Waals surface area contributed by atoms with Crippen LogP contribution < -0.4 is 0 Å². The fourth-order valence-electron chi connectivity index (χ4n) is 1.66. The lowest BCUT2D eigenvalue weighted by atomic mass is 9.84. The second-order valence-electron chi connectivity index (χ2n) is 4.54. The number of hydrogen-bond donors (Lipinski definition) is 1. The second kappa shape index (κ2) is 5.78. The number of rotatable bonds is 5. The van der Waals surface area contributed by atoms with E-state index in [0.717, 1.165) is 0 Å². The van der Waals surface area contributed by atoms with Crippen LogP contribution in [0, 0.1) is 5.92 Å². The van der Waals surface area contributed by atoms with E-state index in [9.17, 15) is 14.7 Å². The van der Waals surface area contributed by atoms with Crippen molar-refractivity contribution >= 4 is 11.8 Å². The normalized spacial score (nSPS) is 14.1. The highest BCUT2D eigenvalue weighted by Crippen LogP contribution is 2.25. The highest BCUT2D eigenvalue weighted by atomic mass is 16.5. The van der Waals surface area contributed by atoms with Crippen molar-refractivity contribution in [3.8, 4) is 0 Å². The number of carbonyl (C=O) groups excluding carboxylic acids is 2. The molecule has 0 aliphatic carbocycles. The van der Waals surface area contributed by atoms with E-state index in [4.69, 9.17) is 0 Å². The summed E-state index contributed by atoms with van der Waals surface area (Å²) in [5.74, 6) is -1.46. The average Bonchev–Trinajstić information content (AvgIpc) is 2.38. The van der Waals surface area contributed by atoms with Gasteiger partial charge in [-0.3, -0.25) is 4.79 Å². The van der Waals surface area contributed by atoms with Gasteiger partial charge in [0.1, 0.15) is 0 Å². The van der Waals surface area contributed by atoms with E-state index in [1.165, 1.54) is 7.11 Å². The van der Waals surface area contributed by atoms with E-state index in [1.54, 1.807) is 44.2 Å². The quantitative estimate of drug-likeness (QED) is 0.639. The molecular formula is C14H18O4. The van der Waals surface area contributed by atoms with Crippen LogP contribution in [-0.2, 0) is 9.53 Å². The van der Waals surface area contributed by atoms with Gasteiger partial charge in [-0.1, -0.05) is 44.2 Å². The Balaban J connectivity index is 2.92. The summed E-state index contributed by atoms with van der Waals surface area (Å²) in [4.78, 5) is 23.6. The minimum atomic E-state index is -1.78. The number of carbonyl (C=O) groups is 2.